The third kappa shape index (κ3) is 5.35. The standard InChI is InChI=1S/C24H24N2O6/c1-29-21-9-5-15(11-23(21)31-3)17(13-25)19(27)7-8-20(28)18(14-26)16-6-10-22(30-2)24(12-16)32-4/h5-6,9-12,17-18H,7-8H2,1-4H3/t17-,18+. The molecule has 0 aromatic heterocycles. The summed E-state index contributed by atoms with van der Waals surface area (Å²) in [7, 11) is 5.89. The van der Waals surface area contributed by atoms with E-state index in [2.05, 4.69) is 0 Å². The lowest BCUT2D eigenvalue weighted by atomic mass is 9.89. The molecular formula is C24H24N2O6. The van der Waals surface area contributed by atoms with Gasteiger partial charge in [-0.25, -0.2) is 0 Å². The molecule has 0 N–H and O–H groups in total. The van der Waals surface area contributed by atoms with Crippen molar-refractivity contribution in [3.05, 3.63) is 47.5 Å². The number of methoxy groups -OCH3 is 4. The Labute approximate surface area is 186 Å². The average Bonchev–Trinajstić information content (AvgIpc) is 2.83. The molecule has 0 saturated heterocycles. The van der Waals surface area contributed by atoms with E-state index in [0.717, 1.165) is 0 Å². The fourth-order valence-corrected chi connectivity index (χ4v) is 3.26. The van der Waals surface area contributed by atoms with E-state index in [1.165, 1.54) is 28.4 Å². The zero-order chi connectivity index (χ0) is 23.7. The predicted octanol–water partition coefficient (Wildman–Crippen LogP) is 3.55. The minimum absolute atomic E-state index is 0.170. The average molecular weight is 436 g/mol. The number of hydrogen-bond acceptors (Lipinski definition) is 8. The van der Waals surface area contributed by atoms with Crippen LogP contribution in [0.15, 0.2) is 36.4 Å². The van der Waals surface area contributed by atoms with Gasteiger partial charge < -0.3 is 18.9 Å². The van der Waals surface area contributed by atoms with Gasteiger partial charge in [-0.05, 0) is 35.4 Å². The van der Waals surface area contributed by atoms with E-state index in [9.17, 15) is 20.1 Å². The molecular weight excluding hydrogens is 412 g/mol. The van der Waals surface area contributed by atoms with Crippen molar-refractivity contribution in [2.75, 3.05) is 28.4 Å². The van der Waals surface area contributed by atoms with Gasteiger partial charge in [-0.1, -0.05) is 12.1 Å². The summed E-state index contributed by atoms with van der Waals surface area (Å²) in [6.45, 7) is 0. The highest BCUT2D eigenvalue weighted by Crippen LogP contribution is 2.33. The summed E-state index contributed by atoms with van der Waals surface area (Å²) in [5, 5.41) is 19.1. The monoisotopic (exact) mass is 436 g/mol. The molecule has 0 aliphatic carbocycles. The van der Waals surface area contributed by atoms with Crippen molar-refractivity contribution in [1.29, 1.82) is 10.5 Å². The van der Waals surface area contributed by atoms with Gasteiger partial charge >= 0.3 is 0 Å². The first kappa shape index (κ1) is 24.2. The Morgan fingerprint density at radius 2 is 1.03 bits per heavy atom. The van der Waals surface area contributed by atoms with E-state index >= 15 is 0 Å². The van der Waals surface area contributed by atoms with Crippen molar-refractivity contribution in [2.24, 2.45) is 0 Å². The molecule has 0 unspecified atom stereocenters. The number of nitriles is 2. The number of carbonyl (C=O) groups excluding carboxylic acids is 2. The molecule has 0 radical (unpaired) electrons. The number of ketones is 2. The molecule has 8 heteroatoms. The highest BCUT2D eigenvalue weighted by molar-refractivity contribution is 5.95. The van der Waals surface area contributed by atoms with Crippen molar-refractivity contribution in [3.8, 4) is 35.1 Å². The largest absolute Gasteiger partial charge is 0.493 e. The topological polar surface area (TPSA) is 119 Å². The maximum absolute atomic E-state index is 12.7. The second-order valence-corrected chi connectivity index (χ2v) is 6.79. The number of benzene rings is 2. The third-order valence-electron chi connectivity index (χ3n) is 5.00. The Bertz CT molecular complexity index is 982. The van der Waals surface area contributed by atoms with Crippen LogP contribution in [0.4, 0.5) is 0 Å². The Morgan fingerprint density at radius 3 is 1.31 bits per heavy atom. The first-order valence-electron chi connectivity index (χ1n) is 9.72. The zero-order valence-corrected chi connectivity index (χ0v) is 18.4. The van der Waals surface area contributed by atoms with Crippen LogP contribution in [-0.2, 0) is 9.59 Å². The highest BCUT2D eigenvalue weighted by Gasteiger charge is 2.26. The van der Waals surface area contributed by atoms with E-state index in [4.69, 9.17) is 18.9 Å². The van der Waals surface area contributed by atoms with Crippen molar-refractivity contribution in [1.82, 2.24) is 0 Å². The Hall–Kier alpha value is -4.04. The van der Waals surface area contributed by atoms with Gasteiger partial charge in [0.15, 0.2) is 34.6 Å². The molecule has 166 valence electrons. The van der Waals surface area contributed by atoms with Crippen LogP contribution in [0.25, 0.3) is 0 Å². The summed E-state index contributed by atoms with van der Waals surface area (Å²) in [6.07, 6.45) is -0.340. The van der Waals surface area contributed by atoms with Crippen molar-refractivity contribution < 1.29 is 28.5 Å². The van der Waals surface area contributed by atoms with Gasteiger partial charge in [-0.15, -0.1) is 0 Å². The molecule has 0 amide bonds. The first-order valence-corrected chi connectivity index (χ1v) is 9.72. The Kier molecular flexibility index (Phi) is 8.62. The second-order valence-electron chi connectivity index (χ2n) is 6.79. The van der Waals surface area contributed by atoms with Crippen molar-refractivity contribution in [3.63, 3.8) is 0 Å². The van der Waals surface area contributed by atoms with Crippen LogP contribution in [0.1, 0.15) is 35.8 Å². The molecule has 0 heterocycles. The van der Waals surface area contributed by atoms with Crippen LogP contribution in [0, 0.1) is 22.7 Å². The van der Waals surface area contributed by atoms with Gasteiger partial charge in [0.05, 0.1) is 40.6 Å². The van der Waals surface area contributed by atoms with Gasteiger partial charge in [0.2, 0.25) is 0 Å². The van der Waals surface area contributed by atoms with E-state index in [0.29, 0.717) is 34.1 Å². The predicted molar refractivity (Wildman–Crippen MR) is 115 cm³/mol. The minimum atomic E-state index is -1.07. The molecule has 0 spiro atoms. The molecule has 2 rings (SSSR count). The van der Waals surface area contributed by atoms with E-state index < -0.39 is 23.4 Å². The number of nitrogens with zero attached hydrogens (tertiary/aromatic N) is 2. The van der Waals surface area contributed by atoms with Crippen LogP contribution >= 0.6 is 0 Å². The highest BCUT2D eigenvalue weighted by atomic mass is 16.5. The first-order chi connectivity index (χ1) is 15.4. The van der Waals surface area contributed by atoms with Crippen LogP contribution in [0.2, 0.25) is 0 Å². The molecule has 0 fully saturated rings. The molecule has 0 aliphatic heterocycles. The molecule has 2 aromatic carbocycles. The summed E-state index contributed by atoms with van der Waals surface area (Å²) in [6, 6.07) is 13.5. The van der Waals surface area contributed by atoms with E-state index in [-0.39, 0.29) is 12.8 Å². The minimum Gasteiger partial charge on any atom is -0.493 e. The van der Waals surface area contributed by atoms with Crippen molar-refractivity contribution in [2.45, 2.75) is 24.7 Å². The lowest BCUT2D eigenvalue weighted by Gasteiger charge is -2.14. The van der Waals surface area contributed by atoms with Crippen LogP contribution in [0.3, 0.4) is 0 Å². The molecule has 2 aromatic rings. The number of Topliss-reactive ketones (excluding diaryl/α,β-unsaturated/α-hetero) is 2. The quantitative estimate of drug-likeness (QED) is 0.525. The lowest BCUT2D eigenvalue weighted by Crippen LogP contribution is -2.16. The van der Waals surface area contributed by atoms with Gasteiger partial charge in [0.25, 0.3) is 0 Å². The summed E-state index contributed by atoms with van der Waals surface area (Å²) in [5.74, 6) is -1.23. The second kappa shape index (κ2) is 11.4. The molecule has 0 aliphatic rings. The zero-order valence-electron chi connectivity index (χ0n) is 18.4. The van der Waals surface area contributed by atoms with E-state index in [1.54, 1.807) is 36.4 Å². The van der Waals surface area contributed by atoms with Gasteiger partial charge in [-0.2, -0.15) is 10.5 Å². The molecule has 32 heavy (non-hydrogen) atoms. The maximum Gasteiger partial charge on any atom is 0.161 e. The number of carbonyl (C=O) groups is 2. The van der Waals surface area contributed by atoms with Gasteiger partial charge in [0.1, 0.15) is 11.8 Å². The maximum atomic E-state index is 12.7. The van der Waals surface area contributed by atoms with Gasteiger partial charge in [0, 0.05) is 12.8 Å². The van der Waals surface area contributed by atoms with Gasteiger partial charge in [-0.3, -0.25) is 9.59 Å². The van der Waals surface area contributed by atoms with Crippen molar-refractivity contribution >= 4 is 11.6 Å². The molecule has 0 bridgehead atoms. The normalized spacial score (nSPS) is 11.9. The van der Waals surface area contributed by atoms with E-state index in [1.807, 2.05) is 12.1 Å². The summed E-state index contributed by atoms with van der Waals surface area (Å²) in [4.78, 5) is 25.4. The van der Waals surface area contributed by atoms with Crippen LogP contribution < -0.4 is 18.9 Å². The summed E-state index contributed by atoms with van der Waals surface area (Å²) in [5.41, 5.74) is 0.888. The lowest BCUT2D eigenvalue weighted by molar-refractivity contribution is -0.124. The Balaban J connectivity index is 2.14. The fourth-order valence-electron chi connectivity index (χ4n) is 3.26. The summed E-state index contributed by atoms with van der Waals surface area (Å²) < 4.78 is 20.8. The fraction of sp³-hybridized carbons (Fsp3) is 0.333. The summed E-state index contributed by atoms with van der Waals surface area (Å²) >= 11 is 0. The molecule has 0 saturated carbocycles. The number of rotatable bonds is 11. The Morgan fingerprint density at radius 1 is 0.688 bits per heavy atom. The van der Waals surface area contributed by atoms with Crippen LogP contribution in [0.5, 0.6) is 23.0 Å². The molecule has 2 atom stereocenters. The SMILES string of the molecule is COc1ccc([C@H](C#N)C(=O)CCC(=O)[C@H](C#N)c2ccc(OC)c(OC)c2)cc1OC. The number of hydrogen-bond donors (Lipinski definition) is 0. The molecule has 8 nitrogen and oxygen atoms in total. The smallest absolute Gasteiger partial charge is 0.161 e. The van der Waals surface area contributed by atoms with Crippen LogP contribution in [-0.4, -0.2) is 40.0 Å². The third-order valence-corrected chi connectivity index (χ3v) is 5.00. The number of ether oxygens (including phenoxy) is 4.